The number of rotatable bonds is 4. The van der Waals surface area contributed by atoms with Crippen molar-refractivity contribution in [2.75, 3.05) is 6.54 Å². The molecule has 0 radical (unpaired) electrons. The smallest absolute Gasteiger partial charge is 0.312 e. The van der Waals surface area contributed by atoms with Gasteiger partial charge in [0.1, 0.15) is 0 Å². The van der Waals surface area contributed by atoms with E-state index in [0.29, 0.717) is 0 Å². The summed E-state index contributed by atoms with van der Waals surface area (Å²) >= 11 is 0. The van der Waals surface area contributed by atoms with Crippen molar-refractivity contribution >= 4 is 0 Å². The molecule has 3 nitrogen and oxygen atoms in total. The SMILES string of the molecule is CCCNC1CCC(C)(C)CC1n1ccc(C(F)(F)F)n1. The molecular weight excluding hydrogens is 279 g/mol. The fraction of sp³-hybridized carbons (Fsp3) is 0.800. The van der Waals surface area contributed by atoms with Crippen molar-refractivity contribution in [3.05, 3.63) is 18.0 Å². The summed E-state index contributed by atoms with van der Waals surface area (Å²) in [6.45, 7) is 7.31. The second-order valence-electron chi connectivity index (χ2n) is 6.71. The summed E-state index contributed by atoms with van der Waals surface area (Å²) in [4.78, 5) is 0. The highest BCUT2D eigenvalue weighted by molar-refractivity contribution is 5.05. The van der Waals surface area contributed by atoms with Crippen molar-refractivity contribution in [3.63, 3.8) is 0 Å². The molecule has 0 saturated heterocycles. The third-order valence-electron chi connectivity index (χ3n) is 4.25. The van der Waals surface area contributed by atoms with Crippen LogP contribution in [-0.4, -0.2) is 22.4 Å². The lowest BCUT2D eigenvalue weighted by molar-refractivity contribution is -0.141. The maximum absolute atomic E-state index is 12.7. The number of hydrogen-bond donors (Lipinski definition) is 1. The molecule has 1 aromatic heterocycles. The summed E-state index contributed by atoms with van der Waals surface area (Å²) < 4.78 is 39.7. The molecule has 1 saturated carbocycles. The molecule has 0 aromatic carbocycles. The summed E-state index contributed by atoms with van der Waals surface area (Å²) in [6.07, 6.45) is 1.00. The second kappa shape index (κ2) is 5.99. The fourth-order valence-electron chi connectivity index (χ4n) is 3.07. The van der Waals surface area contributed by atoms with Crippen LogP contribution in [0.15, 0.2) is 12.3 Å². The highest BCUT2D eigenvalue weighted by Gasteiger charge is 2.38. The van der Waals surface area contributed by atoms with Gasteiger partial charge in [0, 0.05) is 12.2 Å². The van der Waals surface area contributed by atoms with E-state index >= 15 is 0 Å². The van der Waals surface area contributed by atoms with Crippen LogP contribution in [0.4, 0.5) is 13.2 Å². The average Bonchev–Trinajstić information content (AvgIpc) is 2.86. The highest BCUT2D eigenvalue weighted by Crippen LogP contribution is 2.41. The molecule has 1 fully saturated rings. The van der Waals surface area contributed by atoms with Gasteiger partial charge in [0.05, 0.1) is 6.04 Å². The number of nitrogens with one attached hydrogen (secondary N) is 1. The predicted octanol–water partition coefficient (Wildman–Crippen LogP) is 4.02. The second-order valence-corrected chi connectivity index (χ2v) is 6.71. The first-order chi connectivity index (χ1) is 9.73. The van der Waals surface area contributed by atoms with Gasteiger partial charge in [0.25, 0.3) is 0 Å². The minimum Gasteiger partial charge on any atom is -0.312 e. The maximum atomic E-state index is 12.7. The molecule has 0 spiro atoms. The van der Waals surface area contributed by atoms with Gasteiger partial charge in [-0.25, -0.2) is 0 Å². The molecule has 2 atom stereocenters. The van der Waals surface area contributed by atoms with Crippen molar-refractivity contribution in [1.29, 1.82) is 0 Å². The first-order valence-corrected chi connectivity index (χ1v) is 7.59. The van der Waals surface area contributed by atoms with E-state index in [4.69, 9.17) is 0 Å². The Balaban J connectivity index is 2.20. The van der Waals surface area contributed by atoms with E-state index in [0.717, 1.165) is 38.3 Å². The molecule has 1 N–H and O–H groups in total. The Morgan fingerprint density at radius 3 is 2.71 bits per heavy atom. The van der Waals surface area contributed by atoms with Gasteiger partial charge in [-0.05, 0) is 43.7 Å². The standard InChI is InChI=1S/C15H24F3N3/c1-4-8-19-11-5-7-14(2,3)10-12(11)21-9-6-13(20-21)15(16,17)18/h6,9,11-12,19H,4-5,7-8,10H2,1-3H3. The van der Waals surface area contributed by atoms with Gasteiger partial charge in [-0.15, -0.1) is 0 Å². The van der Waals surface area contributed by atoms with Gasteiger partial charge < -0.3 is 5.32 Å². The zero-order valence-corrected chi connectivity index (χ0v) is 12.9. The topological polar surface area (TPSA) is 29.9 Å². The third-order valence-corrected chi connectivity index (χ3v) is 4.25. The van der Waals surface area contributed by atoms with Crippen molar-refractivity contribution in [1.82, 2.24) is 15.1 Å². The lowest BCUT2D eigenvalue weighted by Crippen LogP contribution is -2.44. The van der Waals surface area contributed by atoms with Crippen LogP contribution in [0.1, 0.15) is 58.2 Å². The van der Waals surface area contributed by atoms with Crippen molar-refractivity contribution in [2.24, 2.45) is 5.41 Å². The molecule has 2 unspecified atom stereocenters. The predicted molar refractivity (Wildman–Crippen MR) is 76.0 cm³/mol. The molecule has 120 valence electrons. The number of hydrogen-bond acceptors (Lipinski definition) is 2. The molecule has 0 amide bonds. The number of alkyl halides is 3. The Kier molecular flexibility index (Phi) is 4.66. The van der Waals surface area contributed by atoms with Crippen molar-refractivity contribution < 1.29 is 13.2 Å². The average molecular weight is 303 g/mol. The van der Waals surface area contributed by atoms with E-state index in [9.17, 15) is 13.2 Å². The molecule has 1 aliphatic rings. The minimum atomic E-state index is -4.37. The first-order valence-electron chi connectivity index (χ1n) is 7.59. The largest absolute Gasteiger partial charge is 0.435 e. The van der Waals surface area contributed by atoms with Crippen LogP contribution in [0.2, 0.25) is 0 Å². The Morgan fingerprint density at radius 1 is 1.43 bits per heavy atom. The van der Waals surface area contributed by atoms with Gasteiger partial charge in [-0.2, -0.15) is 18.3 Å². The number of nitrogens with zero attached hydrogens (tertiary/aromatic N) is 2. The maximum Gasteiger partial charge on any atom is 0.435 e. The van der Waals surface area contributed by atoms with Crippen LogP contribution in [0.25, 0.3) is 0 Å². The van der Waals surface area contributed by atoms with Crippen molar-refractivity contribution in [3.8, 4) is 0 Å². The summed E-state index contributed by atoms with van der Waals surface area (Å²) in [7, 11) is 0. The van der Waals surface area contributed by atoms with Crippen LogP contribution >= 0.6 is 0 Å². The van der Waals surface area contributed by atoms with E-state index in [1.807, 2.05) is 0 Å². The van der Waals surface area contributed by atoms with Gasteiger partial charge in [-0.3, -0.25) is 4.68 Å². The van der Waals surface area contributed by atoms with Gasteiger partial charge in [-0.1, -0.05) is 20.8 Å². The normalized spacial score (nSPS) is 26.0. The Hall–Kier alpha value is -1.04. The minimum absolute atomic E-state index is 0.0172. The Bertz CT molecular complexity index is 465. The van der Waals surface area contributed by atoms with Gasteiger partial charge >= 0.3 is 6.18 Å². The van der Waals surface area contributed by atoms with E-state index in [1.165, 1.54) is 10.9 Å². The molecule has 2 rings (SSSR count). The van der Waals surface area contributed by atoms with Crippen LogP contribution in [0.5, 0.6) is 0 Å². The van der Waals surface area contributed by atoms with E-state index in [-0.39, 0.29) is 17.5 Å². The molecule has 6 heteroatoms. The summed E-state index contributed by atoms with van der Waals surface area (Å²) in [6, 6.07) is 1.24. The molecule has 21 heavy (non-hydrogen) atoms. The molecule has 1 aromatic rings. The molecule has 1 aliphatic carbocycles. The van der Waals surface area contributed by atoms with Crippen LogP contribution in [0, 0.1) is 5.41 Å². The Morgan fingerprint density at radius 2 is 2.14 bits per heavy atom. The van der Waals surface area contributed by atoms with Crippen molar-refractivity contribution in [2.45, 2.75) is 64.7 Å². The van der Waals surface area contributed by atoms with Crippen LogP contribution in [0.3, 0.4) is 0 Å². The summed E-state index contributed by atoms with van der Waals surface area (Å²) in [5, 5.41) is 7.24. The monoisotopic (exact) mass is 303 g/mol. The van der Waals surface area contributed by atoms with Crippen LogP contribution in [-0.2, 0) is 6.18 Å². The highest BCUT2D eigenvalue weighted by atomic mass is 19.4. The molecular formula is C15H24F3N3. The van der Waals surface area contributed by atoms with E-state index < -0.39 is 11.9 Å². The zero-order chi connectivity index (χ0) is 15.7. The number of aromatic nitrogens is 2. The molecule has 0 bridgehead atoms. The van der Waals surface area contributed by atoms with Gasteiger partial charge in [0.15, 0.2) is 5.69 Å². The quantitative estimate of drug-likeness (QED) is 0.910. The lowest BCUT2D eigenvalue weighted by Gasteiger charge is -2.41. The Labute approximate surface area is 123 Å². The fourth-order valence-corrected chi connectivity index (χ4v) is 3.07. The summed E-state index contributed by atoms with van der Waals surface area (Å²) in [5.74, 6) is 0. The molecule has 0 aliphatic heterocycles. The number of halogens is 3. The zero-order valence-electron chi connectivity index (χ0n) is 12.9. The lowest BCUT2D eigenvalue weighted by atomic mass is 9.73. The summed E-state index contributed by atoms with van der Waals surface area (Å²) in [5.41, 5.74) is -0.667. The van der Waals surface area contributed by atoms with E-state index in [1.54, 1.807) is 0 Å². The van der Waals surface area contributed by atoms with E-state index in [2.05, 4.69) is 31.2 Å². The first kappa shape index (κ1) is 16.3. The molecule has 1 heterocycles. The van der Waals surface area contributed by atoms with Gasteiger partial charge in [0.2, 0.25) is 0 Å². The third kappa shape index (κ3) is 3.99. The van der Waals surface area contributed by atoms with Crippen LogP contribution < -0.4 is 5.32 Å².